The minimum absolute atomic E-state index is 0.0759. The Bertz CT molecular complexity index is 637. The van der Waals surface area contributed by atoms with Gasteiger partial charge in [-0.05, 0) is 36.3 Å². The molecule has 2 heterocycles. The molecule has 0 saturated heterocycles. The van der Waals surface area contributed by atoms with Gasteiger partial charge in [0.15, 0.2) is 0 Å². The Balaban J connectivity index is 1.79. The number of H-pyrrole nitrogens is 1. The van der Waals surface area contributed by atoms with Gasteiger partial charge in [0.05, 0.1) is 11.6 Å². The zero-order chi connectivity index (χ0) is 14.7. The van der Waals surface area contributed by atoms with Crippen LogP contribution in [0.5, 0.6) is 0 Å². The number of hydrogen-bond acceptors (Lipinski definition) is 3. The average Bonchev–Trinajstić information content (AvgIpc) is 3.19. The van der Waals surface area contributed by atoms with E-state index >= 15 is 0 Å². The van der Waals surface area contributed by atoms with Gasteiger partial charge in [-0.2, -0.15) is 0 Å². The van der Waals surface area contributed by atoms with Crippen LogP contribution in [0.2, 0.25) is 0 Å². The largest absolute Gasteiger partial charge is 0.344 e. The van der Waals surface area contributed by atoms with E-state index in [0.717, 1.165) is 12.8 Å². The molecule has 1 fully saturated rings. The van der Waals surface area contributed by atoms with E-state index in [2.05, 4.69) is 16.4 Å². The van der Waals surface area contributed by atoms with Gasteiger partial charge in [-0.1, -0.05) is 18.9 Å². The SMILES string of the molecule is O=C(N[C@H](c1cccs1)C1CCCC1)c1ccc(=O)[nH]c1. The van der Waals surface area contributed by atoms with E-state index in [-0.39, 0.29) is 17.5 Å². The molecule has 2 aromatic rings. The number of thiophene rings is 1. The lowest BCUT2D eigenvalue weighted by Crippen LogP contribution is -2.32. The number of amides is 1. The van der Waals surface area contributed by atoms with Crippen molar-refractivity contribution in [1.29, 1.82) is 0 Å². The fourth-order valence-electron chi connectivity index (χ4n) is 2.96. The molecule has 0 aromatic carbocycles. The van der Waals surface area contributed by atoms with Gasteiger partial charge in [-0.25, -0.2) is 0 Å². The van der Waals surface area contributed by atoms with E-state index in [1.807, 2.05) is 11.4 Å². The van der Waals surface area contributed by atoms with Gasteiger partial charge in [0.2, 0.25) is 5.56 Å². The molecule has 3 rings (SSSR count). The van der Waals surface area contributed by atoms with Crippen LogP contribution in [0.1, 0.15) is 47.0 Å². The molecule has 110 valence electrons. The molecule has 1 saturated carbocycles. The summed E-state index contributed by atoms with van der Waals surface area (Å²) in [5.41, 5.74) is 0.298. The maximum atomic E-state index is 12.4. The summed E-state index contributed by atoms with van der Waals surface area (Å²) in [4.78, 5) is 27.2. The second kappa shape index (κ2) is 6.26. The molecule has 0 bridgehead atoms. The maximum absolute atomic E-state index is 12.4. The highest BCUT2D eigenvalue weighted by molar-refractivity contribution is 7.10. The lowest BCUT2D eigenvalue weighted by molar-refractivity contribution is 0.0922. The Morgan fingerprint density at radius 2 is 2.10 bits per heavy atom. The Morgan fingerprint density at radius 3 is 2.71 bits per heavy atom. The van der Waals surface area contributed by atoms with E-state index in [9.17, 15) is 9.59 Å². The predicted molar refractivity (Wildman–Crippen MR) is 83.5 cm³/mol. The first-order valence-corrected chi connectivity index (χ1v) is 8.15. The number of carbonyl (C=O) groups is 1. The molecule has 0 radical (unpaired) electrons. The second-order valence-electron chi connectivity index (χ2n) is 5.45. The molecule has 1 amide bonds. The fourth-order valence-corrected chi connectivity index (χ4v) is 3.83. The standard InChI is InChI=1S/C16H18N2O2S/c19-14-8-7-12(10-17-14)16(20)18-15(11-4-1-2-5-11)13-6-3-9-21-13/h3,6-11,15H,1-2,4-5H2,(H,17,19)(H,18,20)/t15-/m0/s1. The number of nitrogens with one attached hydrogen (secondary N) is 2. The fraction of sp³-hybridized carbons (Fsp3) is 0.375. The summed E-state index contributed by atoms with van der Waals surface area (Å²) in [6.45, 7) is 0. The normalized spacial score (nSPS) is 16.8. The molecule has 21 heavy (non-hydrogen) atoms. The smallest absolute Gasteiger partial charge is 0.253 e. The molecule has 1 atom stereocenters. The van der Waals surface area contributed by atoms with E-state index in [0.29, 0.717) is 11.5 Å². The number of aromatic nitrogens is 1. The lowest BCUT2D eigenvalue weighted by atomic mass is 9.96. The maximum Gasteiger partial charge on any atom is 0.253 e. The molecule has 1 aliphatic rings. The van der Waals surface area contributed by atoms with Crippen LogP contribution in [0.15, 0.2) is 40.6 Å². The highest BCUT2D eigenvalue weighted by Gasteiger charge is 2.28. The van der Waals surface area contributed by atoms with Crippen LogP contribution in [0.4, 0.5) is 0 Å². The first kappa shape index (κ1) is 14.1. The van der Waals surface area contributed by atoms with Crippen molar-refractivity contribution in [3.63, 3.8) is 0 Å². The average molecular weight is 302 g/mol. The second-order valence-corrected chi connectivity index (χ2v) is 6.43. The van der Waals surface area contributed by atoms with Gasteiger partial charge in [0.25, 0.3) is 5.91 Å². The van der Waals surface area contributed by atoms with Gasteiger partial charge in [0.1, 0.15) is 0 Å². The molecule has 0 aliphatic heterocycles. The monoisotopic (exact) mass is 302 g/mol. The molecule has 0 spiro atoms. The van der Waals surface area contributed by atoms with Gasteiger partial charge in [-0.15, -0.1) is 11.3 Å². The molecular formula is C16H18N2O2S. The first-order valence-electron chi connectivity index (χ1n) is 7.27. The number of hydrogen-bond donors (Lipinski definition) is 2. The van der Waals surface area contributed by atoms with Crippen molar-refractivity contribution in [2.75, 3.05) is 0 Å². The third kappa shape index (κ3) is 3.24. The lowest BCUT2D eigenvalue weighted by Gasteiger charge is -2.23. The third-order valence-electron chi connectivity index (χ3n) is 4.05. The van der Waals surface area contributed by atoms with Crippen LogP contribution in [0.25, 0.3) is 0 Å². The van der Waals surface area contributed by atoms with Crippen molar-refractivity contribution in [3.8, 4) is 0 Å². The Hall–Kier alpha value is -1.88. The number of pyridine rings is 1. The quantitative estimate of drug-likeness (QED) is 0.911. The number of carbonyl (C=O) groups excluding carboxylic acids is 1. The van der Waals surface area contributed by atoms with Crippen molar-refractivity contribution in [2.45, 2.75) is 31.7 Å². The summed E-state index contributed by atoms with van der Waals surface area (Å²) in [6, 6.07) is 7.13. The Kier molecular flexibility index (Phi) is 4.20. The van der Waals surface area contributed by atoms with Gasteiger partial charge in [-0.3, -0.25) is 9.59 Å². The summed E-state index contributed by atoms with van der Waals surface area (Å²) in [6.07, 6.45) is 6.27. The summed E-state index contributed by atoms with van der Waals surface area (Å²) in [5.74, 6) is 0.381. The molecule has 2 N–H and O–H groups in total. The summed E-state index contributed by atoms with van der Waals surface area (Å²) in [5, 5.41) is 5.19. The Morgan fingerprint density at radius 1 is 1.29 bits per heavy atom. The molecule has 4 nitrogen and oxygen atoms in total. The van der Waals surface area contributed by atoms with Crippen molar-refractivity contribution < 1.29 is 4.79 Å². The van der Waals surface area contributed by atoms with Gasteiger partial charge in [0, 0.05) is 17.1 Å². The summed E-state index contributed by atoms with van der Waals surface area (Å²) < 4.78 is 0. The molecule has 5 heteroatoms. The summed E-state index contributed by atoms with van der Waals surface area (Å²) in [7, 11) is 0. The van der Waals surface area contributed by atoms with Gasteiger partial charge < -0.3 is 10.3 Å². The molecular weight excluding hydrogens is 284 g/mol. The van der Waals surface area contributed by atoms with E-state index < -0.39 is 0 Å². The zero-order valence-electron chi connectivity index (χ0n) is 11.7. The molecule has 1 aliphatic carbocycles. The van der Waals surface area contributed by atoms with Crippen LogP contribution in [0, 0.1) is 5.92 Å². The van der Waals surface area contributed by atoms with Crippen molar-refractivity contribution in [2.24, 2.45) is 5.92 Å². The van der Waals surface area contributed by atoms with Crippen LogP contribution in [-0.2, 0) is 0 Å². The zero-order valence-corrected chi connectivity index (χ0v) is 12.5. The number of rotatable bonds is 4. The highest BCUT2D eigenvalue weighted by Crippen LogP contribution is 2.37. The number of aromatic amines is 1. The van der Waals surface area contributed by atoms with Crippen molar-refractivity contribution in [1.82, 2.24) is 10.3 Å². The van der Waals surface area contributed by atoms with E-state index in [1.165, 1.54) is 30.0 Å². The third-order valence-corrected chi connectivity index (χ3v) is 5.01. The summed E-state index contributed by atoms with van der Waals surface area (Å²) >= 11 is 1.68. The molecule has 0 unspecified atom stereocenters. The van der Waals surface area contributed by atoms with Crippen molar-refractivity contribution in [3.05, 3.63) is 56.6 Å². The van der Waals surface area contributed by atoms with Crippen LogP contribution in [0.3, 0.4) is 0 Å². The van der Waals surface area contributed by atoms with Crippen molar-refractivity contribution >= 4 is 17.2 Å². The minimum atomic E-state index is -0.197. The van der Waals surface area contributed by atoms with Crippen LogP contribution >= 0.6 is 11.3 Å². The topological polar surface area (TPSA) is 62.0 Å². The first-order chi connectivity index (χ1) is 10.2. The van der Waals surface area contributed by atoms with E-state index in [1.54, 1.807) is 17.4 Å². The minimum Gasteiger partial charge on any atom is -0.344 e. The Labute approximate surface area is 127 Å². The van der Waals surface area contributed by atoms with Crippen LogP contribution < -0.4 is 10.9 Å². The predicted octanol–water partition coefficient (Wildman–Crippen LogP) is 3.10. The van der Waals surface area contributed by atoms with Crippen LogP contribution in [-0.4, -0.2) is 10.9 Å². The van der Waals surface area contributed by atoms with E-state index in [4.69, 9.17) is 0 Å². The highest BCUT2D eigenvalue weighted by atomic mass is 32.1. The molecule has 2 aromatic heterocycles. The van der Waals surface area contributed by atoms with Gasteiger partial charge >= 0.3 is 0 Å².